The van der Waals surface area contributed by atoms with Crippen molar-refractivity contribution in [2.24, 2.45) is 11.7 Å². The standard InChI is InChI=1S/C16H25N3O2.ClH/c1-21-15-7-3-2-6-14(15)18-16(20)12-19-10-4-5-13(11-19)8-9-17;/h2-3,6-7,13H,4-5,8-12,17H2,1H3,(H,18,20);1H. The second kappa shape index (κ2) is 9.66. The molecule has 3 N–H and O–H groups in total. The number of amides is 1. The second-order valence-electron chi connectivity index (χ2n) is 5.57. The summed E-state index contributed by atoms with van der Waals surface area (Å²) in [6.45, 7) is 3.11. The Morgan fingerprint density at radius 2 is 2.23 bits per heavy atom. The monoisotopic (exact) mass is 327 g/mol. The molecule has 1 aromatic carbocycles. The van der Waals surface area contributed by atoms with Crippen molar-refractivity contribution >= 4 is 24.0 Å². The lowest BCUT2D eigenvalue weighted by molar-refractivity contribution is -0.117. The van der Waals surface area contributed by atoms with Gasteiger partial charge in [0.05, 0.1) is 19.3 Å². The van der Waals surface area contributed by atoms with Crippen molar-refractivity contribution in [2.45, 2.75) is 19.3 Å². The molecule has 1 fully saturated rings. The maximum Gasteiger partial charge on any atom is 0.238 e. The smallest absolute Gasteiger partial charge is 0.238 e. The minimum Gasteiger partial charge on any atom is -0.495 e. The van der Waals surface area contributed by atoms with E-state index >= 15 is 0 Å². The minimum atomic E-state index is 0. The van der Waals surface area contributed by atoms with E-state index in [-0.39, 0.29) is 18.3 Å². The van der Waals surface area contributed by atoms with Gasteiger partial charge in [0.25, 0.3) is 0 Å². The highest BCUT2D eigenvalue weighted by Gasteiger charge is 2.21. The number of piperidine rings is 1. The summed E-state index contributed by atoms with van der Waals surface area (Å²) in [5.74, 6) is 1.32. The topological polar surface area (TPSA) is 67.6 Å². The number of rotatable bonds is 6. The molecule has 22 heavy (non-hydrogen) atoms. The fraction of sp³-hybridized carbons (Fsp3) is 0.562. The third-order valence-corrected chi connectivity index (χ3v) is 3.93. The van der Waals surface area contributed by atoms with E-state index in [0.29, 0.717) is 18.2 Å². The molecule has 0 radical (unpaired) electrons. The Bertz CT molecular complexity index is 468. The molecule has 0 aromatic heterocycles. The van der Waals surface area contributed by atoms with Crippen LogP contribution in [0, 0.1) is 5.92 Å². The van der Waals surface area contributed by atoms with Crippen molar-refractivity contribution < 1.29 is 9.53 Å². The lowest BCUT2D eigenvalue weighted by atomic mass is 9.95. The molecule has 2 rings (SSSR count). The number of carbonyl (C=O) groups excluding carboxylic acids is 1. The number of carbonyl (C=O) groups is 1. The predicted octanol–water partition coefficient (Wildman–Crippen LogP) is 2.12. The lowest BCUT2D eigenvalue weighted by Crippen LogP contribution is -2.40. The van der Waals surface area contributed by atoms with E-state index in [1.54, 1.807) is 7.11 Å². The second-order valence-corrected chi connectivity index (χ2v) is 5.57. The molecule has 1 amide bonds. The van der Waals surface area contributed by atoms with Gasteiger partial charge < -0.3 is 15.8 Å². The number of nitrogens with one attached hydrogen (secondary N) is 1. The molecule has 1 atom stereocenters. The number of para-hydroxylation sites is 2. The van der Waals surface area contributed by atoms with Crippen molar-refractivity contribution in [3.05, 3.63) is 24.3 Å². The van der Waals surface area contributed by atoms with Crippen LogP contribution < -0.4 is 15.8 Å². The first-order chi connectivity index (χ1) is 10.2. The van der Waals surface area contributed by atoms with Crippen LogP contribution >= 0.6 is 12.4 Å². The number of methoxy groups -OCH3 is 1. The average Bonchev–Trinajstić information content (AvgIpc) is 2.48. The van der Waals surface area contributed by atoms with Gasteiger partial charge in [0.15, 0.2) is 0 Å². The van der Waals surface area contributed by atoms with E-state index in [0.717, 1.165) is 38.2 Å². The SMILES string of the molecule is COc1ccccc1NC(=O)CN1CCCC(CCN)C1.Cl. The normalized spacial score (nSPS) is 18.4. The van der Waals surface area contributed by atoms with Gasteiger partial charge in [-0.3, -0.25) is 9.69 Å². The minimum absolute atomic E-state index is 0. The first-order valence-electron chi connectivity index (χ1n) is 7.58. The molecule has 124 valence electrons. The van der Waals surface area contributed by atoms with Gasteiger partial charge in [-0.2, -0.15) is 0 Å². The maximum absolute atomic E-state index is 12.2. The van der Waals surface area contributed by atoms with Gasteiger partial charge in [0, 0.05) is 6.54 Å². The van der Waals surface area contributed by atoms with Crippen LogP contribution in [0.3, 0.4) is 0 Å². The first-order valence-corrected chi connectivity index (χ1v) is 7.58. The van der Waals surface area contributed by atoms with Crippen molar-refractivity contribution in [3.8, 4) is 5.75 Å². The summed E-state index contributed by atoms with van der Waals surface area (Å²) in [7, 11) is 1.60. The average molecular weight is 328 g/mol. The van der Waals surface area contributed by atoms with Gasteiger partial charge in [0.2, 0.25) is 5.91 Å². The van der Waals surface area contributed by atoms with Gasteiger partial charge in [-0.05, 0) is 50.4 Å². The molecule has 1 heterocycles. The van der Waals surface area contributed by atoms with E-state index in [4.69, 9.17) is 10.5 Å². The van der Waals surface area contributed by atoms with E-state index < -0.39 is 0 Å². The fourth-order valence-electron chi connectivity index (χ4n) is 2.91. The van der Waals surface area contributed by atoms with Crippen LogP contribution in [0.25, 0.3) is 0 Å². The molecule has 0 aliphatic carbocycles. The van der Waals surface area contributed by atoms with Crippen LogP contribution in [-0.2, 0) is 4.79 Å². The van der Waals surface area contributed by atoms with Crippen molar-refractivity contribution in [2.75, 3.05) is 38.6 Å². The van der Waals surface area contributed by atoms with E-state index in [1.165, 1.54) is 6.42 Å². The van der Waals surface area contributed by atoms with E-state index in [2.05, 4.69) is 10.2 Å². The molecule has 5 nitrogen and oxygen atoms in total. The lowest BCUT2D eigenvalue weighted by Gasteiger charge is -2.32. The molecule has 1 saturated heterocycles. The van der Waals surface area contributed by atoms with Crippen LogP contribution in [0.2, 0.25) is 0 Å². The van der Waals surface area contributed by atoms with Crippen molar-refractivity contribution in [3.63, 3.8) is 0 Å². The van der Waals surface area contributed by atoms with Crippen LogP contribution in [0.4, 0.5) is 5.69 Å². The number of benzene rings is 1. The Morgan fingerprint density at radius 1 is 1.45 bits per heavy atom. The highest BCUT2D eigenvalue weighted by molar-refractivity contribution is 5.93. The Morgan fingerprint density at radius 3 is 2.95 bits per heavy atom. The van der Waals surface area contributed by atoms with Crippen molar-refractivity contribution in [1.29, 1.82) is 0 Å². The van der Waals surface area contributed by atoms with Crippen LogP contribution in [0.5, 0.6) is 5.75 Å². The van der Waals surface area contributed by atoms with Crippen LogP contribution in [0.15, 0.2) is 24.3 Å². The summed E-state index contributed by atoms with van der Waals surface area (Å²) in [4.78, 5) is 14.4. The Balaban J connectivity index is 0.00000242. The summed E-state index contributed by atoms with van der Waals surface area (Å²) in [6.07, 6.45) is 3.42. The largest absolute Gasteiger partial charge is 0.495 e. The number of halogens is 1. The number of ether oxygens (including phenoxy) is 1. The zero-order valence-electron chi connectivity index (χ0n) is 13.1. The van der Waals surface area contributed by atoms with Gasteiger partial charge in [-0.1, -0.05) is 12.1 Å². The van der Waals surface area contributed by atoms with Crippen LogP contribution in [0.1, 0.15) is 19.3 Å². The maximum atomic E-state index is 12.2. The van der Waals surface area contributed by atoms with Crippen LogP contribution in [-0.4, -0.2) is 44.1 Å². The van der Waals surface area contributed by atoms with Gasteiger partial charge >= 0.3 is 0 Å². The molecule has 0 saturated carbocycles. The summed E-state index contributed by atoms with van der Waals surface area (Å²) < 4.78 is 5.24. The molecule has 1 aliphatic heterocycles. The number of anilines is 1. The zero-order valence-corrected chi connectivity index (χ0v) is 13.9. The van der Waals surface area contributed by atoms with Crippen molar-refractivity contribution in [1.82, 2.24) is 4.90 Å². The molecule has 1 aliphatic rings. The number of nitrogens with zero attached hydrogens (tertiary/aromatic N) is 1. The molecule has 0 spiro atoms. The molecule has 1 unspecified atom stereocenters. The fourth-order valence-corrected chi connectivity index (χ4v) is 2.91. The molecule has 1 aromatic rings. The van der Waals surface area contributed by atoms with E-state index in [9.17, 15) is 4.79 Å². The van der Waals surface area contributed by atoms with E-state index in [1.807, 2.05) is 24.3 Å². The summed E-state index contributed by atoms with van der Waals surface area (Å²) >= 11 is 0. The summed E-state index contributed by atoms with van der Waals surface area (Å²) in [5, 5.41) is 2.93. The third kappa shape index (κ3) is 5.48. The quantitative estimate of drug-likeness (QED) is 0.840. The zero-order chi connectivity index (χ0) is 15.1. The molecule has 0 bridgehead atoms. The number of nitrogens with two attached hydrogens (primary N) is 1. The van der Waals surface area contributed by atoms with Gasteiger partial charge in [-0.25, -0.2) is 0 Å². The molecular formula is C16H26ClN3O2. The first kappa shape index (κ1) is 18.7. The van der Waals surface area contributed by atoms with Gasteiger partial charge in [0.1, 0.15) is 5.75 Å². The predicted molar refractivity (Wildman–Crippen MR) is 91.7 cm³/mol. The summed E-state index contributed by atoms with van der Waals surface area (Å²) in [6, 6.07) is 7.46. The molecule has 6 heteroatoms. The Kier molecular flexibility index (Phi) is 8.24. The van der Waals surface area contributed by atoms with Gasteiger partial charge in [-0.15, -0.1) is 12.4 Å². The Hall–Kier alpha value is -1.30. The number of likely N-dealkylation sites (tertiary alicyclic amines) is 1. The number of hydrogen-bond acceptors (Lipinski definition) is 4. The Labute approximate surface area is 138 Å². The highest BCUT2D eigenvalue weighted by Crippen LogP contribution is 2.23. The third-order valence-electron chi connectivity index (χ3n) is 3.93. The highest BCUT2D eigenvalue weighted by atomic mass is 35.5. The number of hydrogen-bond donors (Lipinski definition) is 2. The molecular weight excluding hydrogens is 302 g/mol. The summed E-state index contributed by atoms with van der Waals surface area (Å²) in [5.41, 5.74) is 6.35.